The molecule has 2 rings (SSSR count). The van der Waals surface area contributed by atoms with E-state index in [0.717, 1.165) is 30.9 Å². The molecule has 0 amide bonds. The quantitative estimate of drug-likeness (QED) is 0.799. The lowest BCUT2D eigenvalue weighted by atomic mass is 10.00. The van der Waals surface area contributed by atoms with Crippen LogP contribution in [-0.2, 0) is 6.42 Å². The van der Waals surface area contributed by atoms with Gasteiger partial charge in [0.2, 0.25) is 0 Å². The van der Waals surface area contributed by atoms with Crippen LogP contribution in [0.1, 0.15) is 38.3 Å². The molecule has 0 aromatic carbocycles. The first-order valence-electron chi connectivity index (χ1n) is 6.31. The molecule has 2 heterocycles. The van der Waals surface area contributed by atoms with Gasteiger partial charge < -0.3 is 4.90 Å². The summed E-state index contributed by atoms with van der Waals surface area (Å²) >= 11 is 0. The zero-order chi connectivity index (χ0) is 12.1. The fraction of sp³-hybridized carbons (Fsp3) is 0.615. The summed E-state index contributed by atoms with van der Waals surface area (Å²) in [6.07, 6.45) is 4.97. The van der Waals surface area contributed by atoms with Crippen molar-refractivity contribution in [2.45, 2.75) is 45.1 Å². The highest BCUT2D eigenvalue weighted by atomic mass is 15.3. The van der Waals surface area contributed by atoms with Crippen molar-refractivity contribution in [3.05, 3.63) is 17.8 Å². The Kier molecular flexibility index (Phi) is 3.92. The summed E-state index contributed by atoms with van der Waals surface area (Å²) in [5.41, 5.74) is 1.02. The standard InChI is InChI=1S/C13H18N4/c1-2-11-6-7-13(16-15-11)17-10-4-3-5-12(17)8-9-14/h6-7,12H,2-5,8,10H2,1H3. The minimum absolute atomic E-state index is 0.315. The molecule has 1 atom stereocenters. The molecule has 0 saturated carbocycles. The van der Waals surface area contributed by atoms with Crippen molar-refractivity contribution < 1.29 is 0 Å². The minimum Gasteiger partial charge on any atom is -0.351 e. The second kappa shape index (κ2) is 5.62. The van der Waals surface area contributed by atoms with E-state index in [0.29, 0.717) is 12.5 Å². The molecule has 1 fully saturated rings. The molecule has 1 aromatic heterocycles. The third-order valence-corrected chi connectivity index (χ3v) is 3.32. The van der Waals surface area contributed by atoms with Crippen LogP contribution in [0.2, 0.25) is 0 Å². The SMILES string of the molecule is CCc1ccc(N2CCCCC2CC#N)nn1. The normalized spacial score (nSPS) is 20.0. The second-order valence-electron chi connectivity index (χ2n) is 4.44. The molecule has 17 heavy (non-hydrogen) atoms. The summed E-state index contributed by atoms with van der Waals surface area (Å²) in [5.74, 6) is 0.919. The van der Waals surface area contributed by atoms with E-state index in [1.54, 1.807) is 0 Å². The largest absolute Gasteiger partial charge is 0.351 e. The maximum Gasteiger partial charge on any atom is 0.151 e. The lowest BCUT2D eigenvalue weighted by Gasteiger charge is -2.35. The fourth-order valence-corrected chi connectivity index (χ4v) is 2.31. The van der Waals surface area contributed by atoms with Gasteiger partial charge in [0.25, 0.3) is 0 Å². The first kappa shape index (κ1) is 11.8. The topological polar surface area (TPSA) is 52.8 Å². The fourth-order valence-electron chi connectivity index (χ4n) is 2.31. The van der Waals surface area contributed by atoms with Crippen molar-refractivity contribution in [1.29, 1.82) is 5.26 Å². The number of aryl methyl sites for hydroxylation is 1. The average Bonchev–Trinajstić information content (AvgIpc) is 2.40. The smallest absolute Gasteiger partial charge is 0.151 e. The maximum absolute atomic E-state index is 8.85. The minimum atomic E-state index is 0.315. The second-order valence-corrected chi connectivity index (χ2v) is 4.44. The Labute approximate surface area is 102 Å². The van der Waals surface area contributed by atoms with Crippen molar-refractivity contribution in [3.8, 4) is 6.07 Å². The highest BCUT2D eigenvalue weighted by molar-refractivity contribution is 5.39. The van der Waals surface area contributed by atoms with E-state index in [-0.39, 0.29) is 0 Å². The maximum atomic E-state index is 8.85. The molecule has 0 radical (unpaired) electrons. The van der Waals surface area contributed by atoms with Crippen LogP contribution in [0.25, 0.3) is 0 Å². The van der Waals surface area contributed by atoms with Crippen molar-refractivity contribution >= 4 is 5.82 Å². The van der Waals surface area contributed by atoms with Crippen LogP contribution in [0.15, 0.2) is 12.1 Å². The molecule has 0 aliphatic carbocycles. The van der Waals surface area contributed by atoms with Gasteiger partial charge >= 0.3 is 0 Å². The predicted molar refractivity (Wildman–Crippen MR) is 66.6 cm³/mol. The number of hydrogen-bond donors (Lipinski definition) is 0. The zero-order valence-electron chi connectivity index (χ0n) is 10.3. The summed E-state index contributed by atoms with van der Waals surface area (Å²) in [7, 11) is 0. The zero-order valence-corrected chi connectivity index (χ0v) is 10.3. The number of aromatic nitrogens is 2. The van der Waals surface area contributed by atoms with E-state index in [1.807, 2.05) is 12.1 Å². The first-order valence-corrected chi connectivity index (χ1v) is 6.31. The molecule has 1 aliphatic heterocycles. The highest BCUT2D eigenvalue weighted by Crippen LogP contribution is 2.24. The molecule has 4 nitrogen and oxygen atoms in total. The van der Waals surface area contributed by atoms with Crippen molar-refractivity contribution in [3.63, 3.8) is 0 Å². The van der Waals surface area contributed by atoms with Crippen LogP contribution < -0.4 is 4.90 Å². The molecule has 1 aliphatic rings. The Bertz CT molecular complexity index is 393. The van der Waals surface area contributed by atoms with Crippen LogP contribution >= 0.6 is 0 Å². The Balaban J connectivity index is 2.14. The van der Waals surface area contributed by atoms with Gasteiger partial charge in [0.15, 0.2) is 5.82 Å². The van der Waals surface area contributed by atoms with Gasteiger partial charge in [-0.25, -0.2) is 0 Å². The van der Waals surface area contributed by atoms with Crippen LogP contribution in [-0.4, -0.2) is 22.8 Å². The summed E-state index contributed by atoms with van der Waals surface area (Å²) in [6, 6.07) is 6.64. The van der Waals surface area contributed by atoms with E-state index < -0.39 is 0 Å². The summed E-state index contributed by atoms with van der Waals surface area (Å²) in [6.45, 7) is 3.07. The van der Waals surface area contributed by atoms with Crippen LogP contribution in [0.4, 0.5) is 5.82 Å². The Morgan fingerprint density at radius 3 is 2.94 bits per heavy atom. The molecule has 1 aromatic rings. The lowest BCUT2D eigenvalue weighted by molar-refractivity contribution is 0.459. The van der Waals surface area contributed by atoms with Gasteiger partial charge in [0, 0.05) is 12.6 Å². The van der Waals surface area contributed by atoms with E-state index in [2.05, 4.69) is 28.1 Å². The van der Waals surface area contributed by atoms with Crippen LogP contribution in [0.5, 0.6) is 0 Å². The Morgan fingerprint density at radius 2 is 2.29 bits per heavy atom. The van der Waals surface area contributed by atoms with Crippen LogP contribution in [0.3, 0.4) is 0 Å². The summed E-state index contributed by atoms with van der Waals surface area (Å²) < 4.78 is 0. The third-order valence-electron chi connectivity index (χ3n) is 3.32. The van der Waals surface area contributed by atoms with Crippen LogP contribution in [0, 0.1) is 11.3 Å². The Morgan fingerprint density at radius 1 is 1.41 bits per heavy atom. The van der Waals surface area contributed by atoms with Gasteiger partial charge in [-0.1, -0.05) is 6.92 Å². The van der Waals surface area contributed by atoms with Gasteiger partial charge in [-0.3, -0.25) is 0 Å². The molecule has 90 valence electrons. The first-order chi connectivity index (χ1) is 8.35. The summed E-state index contributed by atoms with van der Waals surface area (Å²) in [4.78, 5) is 2.24. The number of nitrogens with zero attached hydrogens (tertiary/aromatic N) is 4. The monoisotopic (exact) mass is 230 g/mol. The number of anilines is 1. The third kappa shape index (κ3) is 2.73. The van der Waals surface area contributed by atoms with E-state index in [1.165, 1.54) is 12.8 Å². The Hall–Kier alpha value is -1.63. The van der Waals surface area contributed by atoms with Gasteiger partial charge in [0.1, 0.15) is 0 Å². The molecule has 0 N–H and O–H groups in total. The summed E-state index contributed by atoms with van der Waals surface area (Å²) in [5, 5.41) is 17.3. The predicted octanol–water partition coefficient (Wildman–Crippen LogP) is 2.31. The number of nitriles is 1. The molecule has 0 spiro atoms. The van der Waals surface area contributed by atoms with Gasteiger partial charge in [0.05, 0.1) is 18.2 Å². The van der Waals surface area contributed by atoms with Crippen molar-refractivity contribution in [1.82, 2.24) is 10.2 Å². The van der Waals surface area contributed by atoms with E-state index in [9.17, 15) is 0 Å². The molecule has 1 unspecified atom stereocenters. The number of hydrogen-bond acceptors (Lipinski definition) is 4. The molecule has 4 heteroatoms. The average molecular weight is 230 g/mol. The number of rotatable bonds is 3. The van der Waals surface area contributed by atoms with E-state index >= 15 is 0 Å². The molecular formula is C13H18N4. The molecule has 1 saturated heterocycles. The van der Waals surface area contributed by atoms with Crippen molar-refractivity contribution in [2.24, 2.45) is 0 Å². The number of piperidine rings is 1. The van der Waals surface area contributed by atoms with E-state index in [4.69, 9.17) is 5.26 Å². The van der Waals surface area contributed by atoms with Gasteiger partial charge in [-0.2, -0.15) is 10.4 Å². The molecular weight excluding hydrogens is 212 g/mol. The lowest BCUT2D eigenvalue weighted by Crippen LogP contribution is -2.40. The molecule has 0 bridgehead atoms. The highest BCUT2D eigenvalue weighted by Gasteiger charge is 2.23. The van der Waals surface area contributed by atoms with Crippen molar-refractivity contribution in [2.75, 3.05) is 11.4 Å². The van der Waals surface area contributed by atoms with Gasteiger partial charge in [-0.05, 0) is 37.8 Å². The van der Waals surface area contributed by atoms with Gasteiger partial charge in [-0.15, -0.1) is 5.10 Å².